The molecule has 2 N–H and O–H groups in total. The van der Waals surface area contributed by atoms with Crippen molar-refractivity contribution in [2.75, 3.05) is 0 Å². The number of benzene rings is 1. The number of nitrogens with zero attached hydrogens (tertiary/aromatic N) is 1. The SMILES string of the molecule is NS(=O)(=O)c1cc(F)cc([N+](=O)[O-])c1. The minimum Gasteiger partial charge on any atom is -0.258 e. The van der Waals surface area contributed by atoms with E-state index in [0.717, 1.165) is 0 Å². The predicted octanol–water partition coefficient (Wildman–Crippen LogP) is 0.381. The Hall–Kier alpha value is -1.54. The molecule has 0 aliphatic heterocycles. The van der Waals surface area contributed by atoms with Crippen molar-refractivity contribution in [1.82, 2.24) is 0 Å². The Labute approximate surface area is 78.4 Å². The molecule has 0 spiro atoms. The third-order valence-corrected chi connectivity index (χ3v) is 2.29. The zero-order chi connectivity index (χ0) is 10.9. The standard InChI is InChI=1S/C6H5FN2O4S/c7-4-1-5(9(10)11)3-6(2-4)14(8,12)13/h1-3H,(H2,8,12,13). The third kappa shape index (κ3) is 2.24. The molecule has 76 valence electrons. The van der Waals surface area contributed by atoms with Gasteiger partial charge in [-0.25, -0.2) is 17.9 Å². The molecular formula is C6H5FN2O4S. The molecule has 0 aliphatic carbocycles. The Kier molecular flexibility index (Phi) is 2.49. The van der Waals surface area contributed by atoms with E-state index < -0.39 is 31.3 Å². The minimum atomic E-state index is -4.13. The van der Waals surface area contributed by atoms with Gasteiger partial charge in [0.25, 0.3) is 5.69 Å². The van der Waals surface area contributed by atoms with Gasteiger partial charge in [-0.1, -0.05) is 0 Å². The van der Waals surface area contributed by atoms with E-state index >= 15 is 0 Å². The Bertz CT molecular complexity index is 485. The lowest BCUT2D eigenvalue weighted by molar-refractivity contribution is -0.385. The van der Waals surface area contributed by atoms with Crippen LogP contribution in [0.4, 0.5) is 10.1 Å². The Morgan fingerprint density at radius 2 is 1.93 bits per heavy atom. The summed E-state index contributed by atoms with van der Waals surface area (Å²) in [5, 5.41) is 14.9. The summed E-state index contributed by atoms with van der Waals surface area (Å²) in [5.74, 6) is -1.02. The van der Waals surface area contributed by atoms with E-state index in [4.69, 9.17) is 0 Å². The van der Waals surface area contributed by atoms with Gasteiger partial charge >= 0.3 is 0 Å². The molecule has 8 heteroatoms. The summed E-state index contributed by atoms with van der Waals surface area (Å²) >= 11 is 0. The van der Waals surface area contributed by atoms with Gasteiger partial charge in [-0.3, -0.25) is 10.1 Å². The Balaban J connectivity index is 3.43. The zero-order valence-electron chi connectivity index (χ0n) is 6.68. The van der Waals surface area contributed by atoms with Crippen molar-refractivity contribution < 1.29 is 17.7 Å². The quantitative estimate of drug-likeness (QED) is 0.574. The van der Waals surface area contributed by atoms with E-state index in [0.29, 0.717) is 18.2 Å². The van der Waals surface area contributed by atoms with E-state index in [1.54, 1.807) is 0 Å². The third-order valence-electron chi connectivity index (χ3n) is 1.40. The van der Waals surface area contributed by atoms with Crippen molar-refractivity contribution in [1.29, 1.82) is 0 Å². The second-order valence-electron chi connectivity index (χ2n) is 2.45. The number of halogens is 1. The molecule has 1 aromatic carbocycles. The first-order valence-corrected chi connectivity index (χ1v) is 4.83. The highest BCUT2D eigenvalue weighted by molar-refractivity contribution is 7.89. The maximum atomic E-state index is 12.7. The van der Waals surface area contributed by atoms with Crippen LogP contribution in [-0.2, 0) is 10.0 Å². The largest absolute Gasteiger partial charge is 0.273 e. The van der Waals surface area contributed by atoms with E-state index in [2.05, 4.69) is 5.14 Å². The van der Waals surface area contributed by atoms with Gasteiger partial charge in [0, 0.05) is 6.07 Å². The van der Waals surface area contributed by atoms with Crippen LogP contribution in [0.3, 0.4) is 0 Å². The van der Waals surface area contributed by atoms with Crippen LogP contribution >= 0.6 is 0 Å². The molecule has 0 atom stereocenters. The molecule has 0 heterocycles. The maximum absolute atomic E-state index is 12.7. The first-order chi connectivity index (χ1) is 6.30. The molecule has 0 saturated heterocycles. The van der Waals surface area contributed by atoms with Crippen LogP contribution in [0.5, 0.6) is 0 Å². The molecule has 0 amide bonds. The monoisotopic (exact) mass is 220 g/mol. The lowest BCUT2D eigenvalue weighted by atomic mass is 10.3. The van der Waals surface area contributed by atoms with E-state index in [1.807, 2.05) is 0 Å². The molecule has 0 bridgehead atoms. The van der Waals surface area contributed by atoms with Crippen molar-refractivity contribution in [3.8, 4) is 0 Å². The average Bonchev–Trinajstić information content (AvgIpc) is 2.01. The average molecular weight is 220 g/mol. The fourth-order valence-electron chi connectivity index (χ4n) is 0.818. The number of non-ortho nitro benzene ring substituents is 1. The second kappa shape index (κ2) is 3.31. The van der Waals surface area contributed by atoms with Gasteiger partial charge < -0.3 is 0 Å². The Morgan fingerprint density at radius 3 is 2.36 bits per heavy atom. The molecule has 0 unspecified atom stereocenters. The molecule has 0 radical (unpaired) electrons. The predicted molar refractivity (Wildman–Crippen MR) is 44.4 cm³/mol. The number of sulfonamides is 1. The number of nitro benzene ring substituents is 1. The summed E-state index contributed by atoms with van der Waals surface area (Å²) < 4.78 is 34.2. The normalized spacial score (nSPS) is 11.3. The van der Waals surface area contributed by atoms with E-state index in [9.17, 15) is 22.9 Å². The van der Waals surface area contributed by atoms with Crippen molar-refractivity contribution in [3.05, 3.63) is 34.1 Å². The van der Waals surface area contributed by atoms with Gasteiger partial charge in [0.1, 0.15) is 5.82 Å². The van der Waals surface area contributed by atoms with Crippen LogP contribution < -0.4 is 5.14 Å². The zero-order valence-corrected chi connectivity index (χ0v) is 7.49. The minimum absolute atomic E-state index is 0.606. The van der Waals surface area contributed by atoms with Gasteiger partial charge in [0.15, 0.2) is 0 Å². The number of hydrogen-bond donors (Lipinski definition) is 1. The number of primary sulfonamides is 1. The molecule has 6 nitrogen and oxygen atoms in total. The van der Waals surface area contributed by atoms with Gasteiger partial charge in [-0.15, -0.1) is 0 Å². The summed E-state index contributed by atoms with van der Waals surface area (Å²) in [4.78, 5) is 8.71. The summed E-state index contributed by atoms with van der Waals surface area (Å²) in [7, 11) is -4.13. The van der Waals surface area contributed by atoms with Crippen LogP contribution in [0, 0.1) is 15.9 Å². The highest BCUT2D eigenvalue weighted by Crippen LogP contribution is 2.18. The molecule has 0 fully saturated rings. The number of nitro groups is 1. The van der Waals surface area contributed by atoms with E-state index in [-0.39, 0.29) is 0 Å². The van der Waals surface area contributed by atoms with Crippen LogP contribution in [-0.4, -0.2) is 13.3 Å². The molecule has 0 saturated carbocycles. The number of nitrogens with two attached hydrogens (primary N) is 1. The van der Waals surface area contributed by atoms with Crippen LogP contribution in [0.2, 0.25) is 0 Å². The van der Waals surface area contributed by atoms with Crippen LogP contribution in [0.25, 0.3) is 0 Å². The van der Waals surface area contributed by atoms with Crippen LogP contribution in [0.15, 0.2) is 23.1 Å². The molecule has 14 heavy (non-hydrogen) atoms. The molecular weight excluding hydrogens is 215 g/mol. The smallest absolute Gasteiger partial charge is 0.258 e. The second-order valence-corrected chi connectivity index (χ2v) is 4.01. The van der Waals surface area contributed by atoms with Gasteiger partial charge in [0.05, 0.1) is 15.9 Å². The number of hydrogen-bond acceptors (Lipinski definition) is 4. The van der Waals surface area contributed by atoms with Crippen molar-refractivity contribution in [3.63, 3.8) is 0 Å². The number of rotatable bonds is 2. The highest BCUT2D eigenvalue weighted by atomic mass is 32.2. The van der Waals surface area contributed by atoms with Crippen molar-refractivity contribution >= 4 is 15.7 Å². The van der Waals surface area contributed by atoms with E-state index in [1.165, 1.54) is 0 Å². The van der Waals surface area contributed by atoms with Crippen LogP contribution in [0.1, 0.15) is 0 Å². The first kappa shape index (κ1) is 10.5. The highest BCUT2D eigenvalue weighted by Gasteiger charge is 2.15. The molecule has 1 aromatic rings. The Morgan fingerprint density at radius 1 is 1.36 bits per heavy atom. The maximum Gasteiger partial charge on any atom is 0.273 e. The summed E-state index contributed by atoms with van der Waals surface area (Å²) in [5.41, 5.74) is -0.658. The summed E-state index contributed by atoms with van der Waals surface area (Å²) in [6.45, 7) is 0. The first-order valence-electron chi connectivity index (χ1n) is 3.28. The summed E-state index contributed by atoms with van der Waals surface area (Å²) in [6, 6.07) is 1.91. The lowest BCUT2D eigenvalue weighted by Gasteiger charge is -1.98. The molecule has 0 aliphatic rings. The van der Waals surface area contributed by atoms with Gasteiger partial charge in [-0.2, -0.15) is 0 Å². The fourth-order valence-corrected chi connectivity index (χ4v) is 1.38. The lowest BCUT2D eigenvalue weighted by Crippen LogP contribution is -2.12. The molecule has 1 rings (SSSR count). The van der Waals surface area contributed by atoms with Gasteiger partial charge in [-0.05, 0) is 6.07 Å². The fraction of sp³-hybridized carbons (Fsp3) is 0. The van der Waals surface area contributed by atoms with Gasteiger partial charge in [0.2, 0.25) is 10.0 Å². The molecule has 0 aromatic heterocycles. The summed E-state index contributed by atoms with van der Waals surface area (Å²) in [6.07, 6.45) is 0. The topological polar surface area (TPSA) is 103 Å². The van der Waals surface area contributed by atoms with Crippen molar-refractivity contribution in [2.45, 2.75) is 4.90 Å². The van der Waals surface area contributed by atoms with Crippen molar-refractivity contribution in [2.24, 2.45) is 5.14 Å².